The highest BCUT2D eigenvalue weighted by Crippen LogP contribution is 2.28. The molecule has 0 fully saturated rings. The van der Waals surface area contributed by atoms with Crippen molar-refractivity contribution in [3.8, 4) is 5.75 Å². The number of anilines is 1. The van der Waals surface area contributed by atoms with Gasteiger partial charge in [0, 0.05) is 11.2 Å². The number of hydrogen-bond donors (Lipinski definition) is 0. The summed E-state index contributed by atoms with van der Waals surface area (Å²) in [7, 11) is -2.34. The number of nitrogens with zero attached hydrogens (tertiary/aromatic N) is 4. The molecular weight excluding hydrogens is 424 g/mol. The second-order valence-electron chi connectivity index (χ2n) is 6.68. The van der Waals surface area contributed by atoms with Crippen molar-refractivity contribution >= 4 is 33.0 Å². The Morgan fingerprint density at radius 1 is 1.07 bits per heavy atom. The lowest BCUT2D eigenvalue weighted by Crippen LogP contribution is -2.30. The smallest absolute Gasteiger partial charge is 0.266 e. The lowest BCUT2D eigenvalue weighted by Gasteiger charge is -2.25. The molecule has 0 aliphatic heterocycles. The fraction of sp³-hybridized carbons (Fsp3) is 0.143. The normalized spacial score (nSPS) is 11.6. The van der Waals surface area contributed by atoms with Crippen LogP contribution in [0.4, 0.5) is 5.69 Å². The first-order chi connectivity index (χ1) is 14.4. The number of halogens is 1. The summed E-state index contributed by atoms with van der Waals surface area (Å²) in [4.78, 5) is 0.135. The van der Waals surface area contributed by atoms with E-state index in [1.165, 1.54) is 16.6 Å². The third-order valence-corrected chi connectivity index (χ3v) is 6.70. The number of aromatic nitrogens is 3. The molecule has 0 atom stereocenters. The van der Waals surface area contributed by atoms with Gasteiger partial charge in [-0.15, -0.1) is 10.2 Å². The Hall–Kier alpha value is -3.10. The Balaban J connectivity index is 1.82. The Kier molecular flexibility index (Phi) is 5.36. The Bertz CT molecular complexity index is 1300. The van der Waals surface area contributed by atoms with Crippen molar-refractivity contribution in [1.29, 1.82) is 0 Å². The maximum absolute atomic E-state index is 13.7. The molecular formula is C21H19ClN4O3S. The van der Waals surface area contributed by atoms with E-state index in [4.69, 9.17) is 16.3 Å². The number of fused-ring (bicyclic) bond motifs is 1. The van der Waals surface area contributed by atoms with Crippen LogP contribution in [-0.4, -0.2) is 30.1 Å². The summed E-state index contributed by atoms with van der Waals surface area (Å²) in [6, 6.07) is 17.2. The third kappa shape index (κ3) is 3.83. The first-order valence-electron chi connectivity index (χ1n) is 9.11. The maximum atomic E-state index is 13.7. The van der Waals surface area contributed by atoms with Gasteiger partial charge >= 0.3 is 0 Å². The van der Waals surface area contributed by atoms with Gasteiger partial charge in [-0.05, 0) is 61.0 Å². The summed E-state index contributed by atoms with van der Waals surface area (Å²) in [6.07, 6.45) is 1.54. The Labute approximate surface area is 179 Å². The zero-order valence-corrected chi connectivity index (χ0v) is 17.9. The highest BCUT2D eigenvalue weighted by Gasteiger charge is 2.26. The molecule has 0 unspecified atom stereocenters. The summed E-state index contributed by atoms with van der Waals surface area (Å²) in [5, 5.41) is 8.55. The van der Waals surface area contributed by atoms with Gasteiger partial charge in [0.2, 0.25) is 0 Å². The van der Waals surface area contributed by atoms with Gasteiger partial charge in [-0.1, -0.05) is 23.7 Å². The van der Waals surface area contributed by atoms with E-state index in [0.29, 0.717) is 27.9 Å². The molecule has 0 bridgehead atoms. The van der Waals surface area contributed by atoms with Crippen LogP contribution in [0.25, 0.3) is 5.65 Å². The predicted octanol–water partition coefficient (Wildman–Crippen LogP) is 4.10. The van der Waals surface area contributed by atoms with Crippen molar-refractivity contribution < 1.29 is 13.2 Å². The summed E-state index contributed by atoms with van der Waals surface area (Å²) >= 11 is 6.11. The van der Waals surface area contributed by atoms with Crippen LogP contribution in [-0.2, 0) is 16.6 Å². The predicted molar refractivity (Wildman–Crippen MR) is 116 cm³/mol. The standard InChI is InChI=1S/C21H19ClN4O3S/c1-15-23-24-21-11-10-20(14-25(15)21)30(27,28)26(13-16-4-3-5-17(22)12-16)18-6-8-19(29-2)9-7-18/h3-12,14H,13H2,1-2H3. The van der Waals surface area contributed by atoms with Gasteiger partial charge in [0.25, 0.3) is 10.0 Å². The molecule has 0 saturated heterocycles. The van der Waals surface area contributed by atoms with Gasteiger partial charge in [0.15, 0.2) is 5.65 Å². The van der Waals surface area contributed by atoms with E-state index in [0.717, 1.165) is 5.56 Å². The molecule has 0 aliphatic rings. The average molecular weight is 443 g/mol. The number of aryl methyl sites for hydroxylation is 1. The van der Waals surface area contributed by atoms with Crippen LogP contribution in [0.2, 0.25) is 5.02 Å². The highest BCUT2D eigenvalue weighted by atomic mass is 35.5. The number of rotatable bonds is 6. The van der Waals surface area contributed by atoms with Crippen LogP contribution in [0.15, 0.2) is 71.8 Å². The summed E-state index contributed by atoms with van der Waals surface area (Å²) in [5.41, 5.74) is 1.86. The van der Waals surface area contributed by atoms with Crippen LogP contribution in [0.5, 0.6) is 5.75 Å². The largest absolute Gasteiger partial charge is 0.497 e. The van der Waals surface area contributed by atoms with Crippen LogP contribution < -0.4 is 9.04 Å². The van der Waals surface area contributed by atoms with Crippen molar-refractivity contribution in [3.05, 3.63) is 83.3 Å². The van der Waals surface area contributed by atoms with E-state index < -0.39 is 10.0 Å². The summed E-state index contributed by atoms with van der Waals surface area (Å²) < 4.78 is 35.5. The molecule has 4 aromatic rings. The first kappa shape index (κ1) is 20.2. The first-order valence-corrected chi connectivity index (χ1v) is 10.9. The van der Waals surface area contributed by atoms with Gasteiger partial charge < -0.3 is 4.74 Å². The monoisotopic (exact) mass is 442 g/mol. The zero-order valence-electron chi connectivity index (χ0n) is 16.4. The van der Waals surface area contributed by atoms with E-state index >= 15 is 0 Å². The Morgan fingerprint density at radius 2 is 1.83 bits per heavy atom. The zero-order chi connectivity index (χ0) is 21.3. The molecule has 30 heavy (non-hydrogen) atoms. The quantitative estimate of drug-likeness (QED) is 0.449. The molecule has 7 nitrogen and oxygen atoms in total. The summed E-state index contributed by atoms with van der Waals surface area (Å²) in [5.74, 6) is 1.24. The fourth-order valence-corrected chi connectivity index (χ4v) is 4.79. The van der Waals surface area contributed by atoms with E-state index in [-0.39, 0.29) is 11.4 Å². The highest BCUT2D eigenvalue weighted by molar-refractivity contribution is 7.92. The molecule has 0 saturated carbocycles. The minimum Gasteiger partial charge on any atom is -0.497 e. The Morgan fingerprint density at radius 3 is 2.53 bits per heavy atom. The SMILES string of the molecule is COc1ccc(N(Cc2cccc(Cl)c2)S(=O)(=O)c2ccc3nnc(C)n3c2)cc1. The van der Waals surface area contributed by atoms with Gasteiger partial charge in [0.05, 0.1) is 19.3 Å². The van der Waals surface area contributed by atoms with Crippen LogP contribution in [0.3, 0.4) is 0 Å². The molecule has 0 aliphatic carbocycles. The van der Waals surface area contributed by atoms with Crippen LogP contribution in [0, 0.1) is 6.92 Å². The molecule has 2 heterocycles. The van der Waals surface area contributed by atoms with Crippen LogP contribution in [0.1, 0.15) is 11.4 Å². The average Bonchev–Trinajstić information content (AvgIpc) is 3.12. The van der Waals surface area contributed by atoms with Gasteiger partial charge in [-0.25, -0.2) is 8.42 Å². The maximum Gasteiger partial charge on any atom is 0.266 e. The number of methoxy groups -OCH3 is 1. The fourth-order valence-electron chi connectivity index (χ4n) is 3.13. The number of ether oxygens (including phenoxy) is 1. The van der Waals surface area contributed by atoms with Crippen molar-refractivity contribution in [2.45, 2.75) is 18.4 Å². The van der Waals surface area contributed by atoms with E-state index in [2.05, 4.69) is 10.2 Å². The van der Waals surface area contributed by atoms with Gasteiger partial charge in [-0.2, -0.15) is 0 Å². The molecule has 0 radical (unpaired) electrons. The minimum absolute atomic E-state index is 0.119. The van der Waals surface area contributed by atoms with Gasteiger partial charge in [0.1, 0.15) is 16.5 Å². The van der Waals surface area contributed by atoms with Crippen LogP contribution >= 0.6 is 11.6 Å². The summed E-state index contributed by atoms with van der Waals surface area (Å²) in [6.45, 7) is 1.89. The molecule has 9 heteroatoms. The molecule has 154 valence electrons. The van der Waals surface area contributed by atoms with E-state index in [9.17, 15) is 8.42 Å². The topological polar surface area (TPSA) is 76.8 Å². The molecule has 0 amide bonds. The number of sulfonamides is 1. The number of benzene rings is 2. The second kappa shape index (κ2) is 7.97. The second-order valence-corrected chi connectivity index (χ2v) is 8.98. The van der Waals surface area contributed by atoms with Crippen molar-refractivity contribution in [2.24, 2.45) is 0 Å². The minimum atomic E-state index is -3.90. The third-order valence-electron chi connectivity index (χ3n) is 4.71. The lowest BCUT2D eigenvalue weighted by molar-refractivity contribution is 0.415. The molecule has 2 aromatic carbocycles. The molecule has 0 N–H and O–H groups in total. The number of pyridine rings is 1. The number of hydrogen-bond acceptors (Lipinski definition) is 5. The van der Waals surface area contributed by atoms with Crippen molar-refractivity contribution in [3.63, 3.8) is 0 Å². The van der Waals surface area contributed by atoms with Gasteiger partial charge in [-0.3, -0.25) is 8.71 Å². The molecule has 4 rings (SSSR count). The molecule has 0 spiro atoms. The van der Waals surface area contributed by atoms with E-state index in [1.54, 1.807) is 67.0 Å². The van der Waals surface area contributed by atoms with Crippen molar-refractivity contribution in [2.75, 3.05) is 11.4 Å². The van der Waals surface area contributed by atoms with Crippen molar-refractivity contribution in [1.82, 2.24) is 14.6 Å². The van der Waals surface area contributed by atoms with E-state index in [1.807, 2.05) is 6.07 Å². The lowest BCUT2D eigenvalue weighted by atomic mass is 10.2. The molecule has 2 aromatic heterocycles.